The van der Waals surface area contributed by atoms with Gasteiger partial charge in [-0.25, -0.2) is 0 Å². The molecule has 106 valence electrons. The highest BCUT2D eigenvalue weighted by atomic mass is 16.5. The molecule has 0 heterocycles. The van der Waals surface area contributed by atoms with E-state index >= 15 is 0 Å². The van der Waals surface area contributed by atoms with Crippen LogP contribution in [0.25, 0.3) is 0 Å². The molecule has 0 bridgehead atoms. The molecule has 1 heteroatoms. The molecule has 1 aliphatic carbocycles. The molecule has 2 unspecified atom stereocenters. The van der Waals surface area contributed by atoms with Crippen LogP contribution in [0.2, 0.25) is 0 Å². The minimum absolute atomic E-state index is 0.146. The van der Waals surface area contributed by atoms with Crippen molar-refractivity contribution in [1.29, 1.82) is 0 Å². The Labute approximate surface area is 118 Å². The molecule has 1 aliphatic rings. The maximum Gasteiger partial charge on any atom is 0.123 e. The van der Waals surface area contributed by atoms with Crippen molar-refractivity contribution in [1.82, 2.24) is 0 Å². The number of hydrogen-bond acceptors (Lipinski definition) is 1. The lowest BCUT2D eigenvalue weighted by Crippen LogP contribution is -2.30. The van der Waals surface area contributed by atoms with Crippen molar-refractivity contribution in [3.8, 4) is 5.75 Å². The fourth-order valence-electron chi connectivity index (χ4n) is 3.15. The quantitative estimate of drug-likeness (QED) is 0.713. The zero-order valence-corrected chi connectivity index (χ0v) is 12.9. The summed E-state index contributed by atoms with van der Waals surface area (Å²) in [5.74, 6) is 1.84. The number of rotatable bonds is 3. The lowest BCUT2D eigenvalue weighted by atomic mass is 9.84. The van der Waals surface area contributed by atoms with Crippen LogP contribution in [-0.4, -0.2) is 6.10 Å². The monoisotopic (exact) mass is 260 g/mol. The molecule has 1 fully saturated rings. The first-order valence-electron chi connectivity index (χ1n) is 7.78. The van der Waals surface area contributed by atoms with Crippen LogP contribution in [0, 0.1) is 5.92 Å². The summed E-state index contributed by atoms with van der Waals surface area (Å²) in [6, 6.07) is 8.56. The van der Waals surface area contributed by atoms with E-state index in [1.54, 1.807) is 0 Å². The molecule has 0 saturated heterocycles. The van der Waals surface area contributed by atoms with Crippen molar-refractivity contribution in [2.75, 3.05) is 0 Å². The Kier molecular flexibility index (Phi) is 4.54. The number of hydrogen-bond donors (Lipinski definition) is 0. The Morgan fingerprint density at radius 2 is 1.79 bits per heavy atom. The maximum absolute atomic E-state index is 6.42. The predicted octanol–water partition coefficient (Wildman–Crippen LogP) is 5.33. The second-order valence-corrected chi connectivity index (χ2v) is 6.86. The van der Waals surface area contributed by atoms with Crippen LogP contribution in [0.3, 0.4) is 0 Å². The Morgan fingerprint density at radius 1 is 1.11 bits per heavy atom. The van der Waals surface area contributed by atoms with Crippen molar-refractivity contribution < 1.29 is 4.74 Å². The zero-order valence-electron chi connectivity index (χ0n) is 12.9. The molecule has 0 spiro atoms. The van der Waals surface area contributed by atoms with E-state index in [-0.39, 0.29) is 5.41 Å². The first-order chi connectivity index (χ1) is 9.02. The molecular weight excluding hydrogens is 232 g/mol. The largest absolute Gasteiger partial charge is 0.490 e. The van der Waals surface area contributed by atoms with Crippen LogP contribution in [0.5, 0.6) is 5.75 Å². The number of para-hydroxylation sites is 1. The van der Waals surface area contributed by atoms with E-state index in [9.17, 15) is 0 Å². The van der Waals surface area contributed by atoms with Gasteiger partial charge in [-0.2, -0.15) is 0 Å². The minimum Gasteiger partial charge on any atom is -0.490 e. The predicted molar refractivity (Wildman–Crippen MR) is 81.8 cm³/mol. The van der Waals surface area contributed by atoms with Crippen molar-refractivity contribution in [2.24, 2.45) is 5.92 Å². The van der Waals surface area contributed by atoms with Gasteiger partial charge < -0.3 is 4.74 Å². The molecule has 1 aromatic rings. The van der Waals surface area contributed by atoms with Crippen LogP contribution in [0.15, 0.2) is 24.3 Å². The lowest BCUT2D eigenvalue weighted by Gasteiger charge is -2.33. The third-order valence-corrected chi connectivity index (χ3v) is 4.34. The van der Waals surface area contributed by atoms with Gasteiger partial charge in [0, 0.05) is 0 Å². The number of ether oxygens (including phenoxy) is 1. The van der Waals surface area contributed by atoms with E-state index < -0.39 is 0 Å². The summed E-state index contributed by atoms with van der Waals surface area (Å²) in [6.07, 6.45) is 6.90. The normalized spacial score (nSPS) is 24.2. The van der Waals surface area contributed by atoms with Gasteiger partial charge in [-0.1, -0.05) is 52.3 Å². The van der Waals surface area contributed by atoms with E-state index in [0.29, 0.717) is 6.10 Å². The summed E-state index contributed by atoms with van der Waals surface area (Å²) in [5, 5.41) is 0. The second-order valence-electron chi connectivity index (χ2n) is 6.86. The third kappa shape index (κ3) is 3.52. The van der Waals surface area contributed by atoms with Crippen molar-refractivity contribution >= 4 is 0 Å². The topological polar surface area (TPSA) is 9.23 Å². The summed E-state index contributed by atoms with van der Waals surface area (Å²) < 4.78 is 6.42. The first-order valence-corrected chi connectivity index (χ1v) is 7.78. The summed E-state index contributed by atoms with van der Waals surface area (Å²) in [4.78, 5) is 0. The maximum atomic E-state index is 6.42. The van der Waals surface area contributed by atoms with Crippen LogP contribution in [-0.2, 0) is 5.41 Å². The standard InChI is InChI=1S/C18H28O/c1-5-14-10-6-8-12-16(14)19-17-13-9-7-11-15(17)18(2,3)4/h7,9,11,13-14,16H,5-6,8,10,12H2,1-4H3. The third-order valence-electron chi connectivity index (χ3n) is 4.34. The first kappa shape index (κ1) is 14.4. The van der Waals surface area contributed by atoms with Gasteiger partial charge in [0.25, 0.3) is 0 Å². The highest BCUT2D eigenvalue weighted by Gasteiger charge is 2.27. The van der Waals surface area contributed by atoms with Crippen LogP contribution in [0.1, 0.15) is 65.4 Å². The highest BCUT2D eigenvalue weighted by molar-refractivity contribution is 5.38. The smallest absolute Gasteiger partial charge is 0.123 e. The molecule has 0 aliphatic heterocycles. The minimum atomic E-state index is 0.146. The molecule has 2 atom stereocenters. The fraction of sp³-hybridized carbons (Fsp3) is 0.667. The molecule has 1 aromatic carbocycles. The second kappa shape index (κ2) is 5.98. The zero-order chi connectivity index (χ0) is 13.9. The van der Waals surface area contributed by atoms with E-state index in [1.807, 2.05) is 0 Å². The molecule has 19 heavy (non-hydrogen) atoms. The number of benzene rings is 1. The summed E-state index contributed by atoms with van der Waals surface area (Å²) in [6.45, 7) is 9.07. The average Bonchev–Trinajstić information content (AvgIpc) is 2.39. The average molecular weight is 260 g/mol. The van der Waals surface area contributed by atoms with Gasteiger partial charge in [0.1, 0.15) is 11.9 Å². The fourth-order valence-corrected chi connectivity index (χ4v) is 3.15. The molecule has 1 saturated carbocycles. The van der Waals surface area contributed by atoms with Gasteiger partial charge in [-0.3, -0.25) is 0 Å². The highest BCUT2D eigenvalue weighted by Crippen LogP contribution is 2.35. The molecular formula is C18H28O. The van der Waals surface area contributed by atoms with Gasteiger partial charge in [0.2, 0.25) is 0 Å². The molecule has 0 amide bonds. The SMILES string of the molecule is CCC1CCCCC1Oc1ccccc1C(C)(C)C. The van der Waals surface area contributed by atoms with Gasteiger partial charge in [0.15, 0.2) is 0 Å². The molecule has 0 N–H and O–H groups in total. The molecule has 0 aromatic heterocycles. The Hall–Kier alpha value is -0.980. The van der Waals surface area contributed by atoms with Crippen LogP contribution >= 0.6 is 0 Å². The Morgan fingerprint density at radius 3 is 2.47 bits per heavy atom. The molecule has 1 nitrogen and oxygen atoms in total. The summed E-state index contributed by atoms with van der Waals surface area (Å²) in [5.41, 5.74) is 1.47. The van der Waals surface area contributed by atoms with Crippen molar-refractivity contribution in [3.05, 3.63) is 29.8 Å². The van der Waals surface area contributed by atoms with Crippen LogP contribution in [0.4, 0.5) is 0 Å². The van der Waals surface area contributed by atoms with E-state index in [2.05, 4.69) is 52.0 Å². The van der Waals surface area contributed by atoms with Gasteiger partial charge in [0.05, 0.1) is 0 Å². The Balaban J connectivity index is 2.18. The van der Waals surface area contributed by atoms with Crippen LogP contribution < -0.4 is 4.74 Å². The lowest BCUT2D eigenvalue weighted by molar-refractivity contribution is 0.0884. The van der Waals surface area contributed by atoms with Gasteiger partial charge >= 0.3 is 0 Å². The van der Waals surface area contributed by atoms with Gasteiger partial charge in [-0.15, -0.1) is 0 Å². The summed E-state index contributed by atoms with van der Waals surface area (Å²) >= 11 is 0. The van der Waals surface area contributed by atoms with Gasteiger partial charge in [-0.05, 0) is 48.6 Å². The molecule has 0 radical (unpaired) electrons. The van der Waals surface area contributed by atoms with Crippen molar-refractivity contribution in [2.45, 2.75) is 71.3 Å². The van der Waals surface area contributed by atoms with E-state index in [4.69, 9.17) is 4.74 Å². The molecule has 2 rings (SSSR count). The van der Waals surface area contributed by atoms with E-state index in [0.717, 1.165) is 11.7 Å². The Bertz CT molecular complexity index is 402. The summed E-state index contributed by atoms with van der Waals surface area (Å²) in [7, 11) is 0. The van der Waals surface area contributed by atoms with E-state index in [1.165, 1.54) is 37.7 Å². The van der Waals surface area contributed by atoms with Crippen molar-refractivity contribution in [3.63, 3.8) is 0 Å².